The van der Waals surface area contributed by atoms with Crippen LogP contribution < -0.4 is 10.0 Å². The van der Waals surface area contributed by atoms with Gasteiger partial charge in [-0.15, -0.1) is 0 Å². The van der Waals surface area contributed by atoms with Gasteiger partial charge in [-0.1, -0.05) is 13.0 Å². The molecule has 0 aromatic heterocycles. The SMILES string of the molecule is CNC(=O)c1cccc(NS(=O)(=O)N2CCCC(C)C2)c1. The average molecular weight is 311 g/mol. The Morgan fingerprint density at radius 1 is 1.38 bits per heavy atom. The predicted octanol–water partition coefficient (Wildman–Crippen LogP) is 1.43. The van der Waals surface area contributed by atoms with Crippen molar-refractivity contribution in [2.45, 2.75) is 19.8 Å². The summed E-state index contributed by atoms with van der Waals surface area (Å²) in [6.45, 7) is 3.12. The van der Waals surface area contributed by atoms with Crippen LogP contribution in [-0.2, 0) is 10.2 Å². The van der Waals surface area contributed by atoms with Crippen molar-refractivity contribution in [3.05, 3.63) is 29.8 Å². The summed E-state index contributed by atoms with van der Waals surface area (Å²) < 4.78 is 28.7. The third-order valence-corrected chi connectivity index (χ3v) is 5.06. The average Bonchev–Trinajstić information content (AvgIpc) is 2.46. The largest absolute Gasteiger partial charge is 0.355 e. The molecule has 2 rings (SSSR count). The van der Waals surface area contributed by atoms with E-state index in [4.69, 9.17) is 0 Å². The van der Waals surface area contributed by atoms with Crippen LogP contribution in [0.1, 0.15) is 30.1 Å². The zero-order valence-corrected chi connectivity index (χ0v) is 13.1. The van der Waals surface area contributed by atoms with Crippen LogP contribution in [0.5, 0.6) is 0 Å². The molecule has 116 valence electrons. The van der Waals surface area contributed by atoms with Gasteiger partial charge in [0.2, 0.25) is 0 Å². The van der Waals surface area contributed by atoms with Crippen LogP contribution >= 0.6 is 0 Å². The number of amides is 1. The molecule has 1 aromatic rings. The first-order valence-corrected chi connectivity index (χ1v) is 8.46. The summed E-state index contributed by atoms with van der Waals surface area (Å²) in [5, 5.41) is 2.51. The van der Waals surface area contributed by atoms with Gasteiger partial charge in [-0.25, -0.2) is 0 Å². The summed E-state index contributed by atoms with van der Waals surface area (Å²) in [7, 11) is -2.03. The molecular weight excluding hydrogens is 290 g/mol. The Bertz CT molecular complexity index is 616. The zero-order valence-electron chi connectivity index (χ0n) is 12.3. The predicted molar refractivity (Wildman–Crippen MR) is 82.3 cm³/mol. The first-order chi connectivity index (χ1) is 9.92. The van der Waals surface area contributed by atoms with E-state index in [1.165, 1.54) is 17.4 Å². The molecule has 0 saturated carbocycles. The molecule has 0 aliphatic carbocycles. The zero-order chi connectivity index (χ0) is 15.5. The van der Waals surface area contributed by atoms with Crippen LogP contribution in [0.2, 0.25) is 0 Å². The van der Waals surface area contributed by atoms with Crippen LogP contribution in [0.25, 0.3) is 0 Å². The highest BCUT2D eigenvalue weighted by atomic mass is 32.2. The van der Waals surface area contributed by atoms with E-state index in [1.54, 1.807) is 18.2 Å². The van der Waals surface area contributed by atoms with Gasteiger partial charge in [0.05, 0.1) is 5.69 Å². The smallest absolute Gasteiger partial charge is 0.301 e. The molecule has 1 saturated heterocycles. The maximum Gasteiger partial charge on any atom is 0.301 e. The van der Waals surface area contributed by atoms with Crippen LogP contribution in [0, 0.1) is 5.92 Å². The van der Waals surface area contributed by atoms with Gasteiger partial charge >= 0.3 is 10.2 Å². The molecule has 1 amide bonds. The maximum absolute atomic E-state index is 12.4. The molecule has 2 N–H and O–H groups in total. The Hall–Kier alpha value is -1.60. The Balaban J connectivity index is 2.14. The molecule has 1 atom stereocenters. The van der Waals surface area contributed by atoms with E-state index in [0.29, 0.717) is 30.3 Å². The van der Waals surface area contributed by atoms with Crippen LogP contribution in [-0.4, -0.2) is 38.8 Å². The molecule has 21 heavy (non-hydrogen) atoms. The van der Waals surface area contributed by atoms with Crippen molar-refractivity contribution in [3.63, 3.8) is 0 Å². The standard InChI is InChI=1S/C14H21N3O3S/c1-11-5-4-8-17(10-11)21(19,20)16-13-7-3-6-12(9-13)14(18)15-2/h3,6-7,9,11,16H,4-5,8,10H2,1-2H3,(H,15,18). The van der Waals surface area contributed by atoms with Crippen molar-refractivity contribution in [1.82, 2.24) is 9.62 Å². The lowest BCUT2D eigenvalue weighted by Crippen LogP contribution is -2.42. The molecule has 0 bridgehead atoms. The molecule has 1 fully saturated rings. The highest BCUT2D eigenvalue weighted by molar-refractivity contribution is 7.90. The summed E-state index contributed by atoms with van der Waals surface area (Å²) in [4.78, 5) is 11.6. The summed E-state index contributed by atoms with van der Waals surface area (Å²) in [5.41, 5.74) is 0.819. The fraction of sp³-hybridized carbons (Fsp3) is 0.500. The number of nitrogens with one attached hydrogen (secondary N) is 2. The maximum atomic E-state index is 12.4. The Morgan fingerprint density at radius 2 is 2.14 bits per heavy atom. The Morgan fingerprint density at radius 3 is 2.81 bits per heavy atom. The van der Waals surface area contributed by atoms with Gasteiger partial charge in [-0.2, -0.15) is 12.7 Å². The number of carbonyl (C=O) groups excluding carboxylic acids is 1. The van der Waals surface area contributed by atoms with E-state index in [2.05, 4.69) is 10.0 Å². The number of rotatable bonds is 4. The molecule has 6 nitrogen and oxygen atoms in total. The van der Waals surface area contributed by atoms with E-state index in [1.807, 2.05) is 6.92 Å². The molecule has 0 spiro atoms. The van der Waals surface area contributed by atoms with Gasteiger partial charge in [0.1, 0.15) is 0 Å². The van der Waals surface area contributed by atoms with Crippen LogP contribution in [0.3, 0.4) is 0 Å². The number of nitrogens with zero attached hydrogens (tertiary/aromatic N) is 1. The van der Waals surface area contributed by atoms with Crippen molar-refractivity contribution in [2.75, 3.05) is 24.9 Å². The summed E-state index contributed by atoms with van der Waals surface area (Å²) >= 11 is 0. The lowest BCUT2D eigenvalue weighted by molar-refractivity contribution is 0.0963. The molecule has 1 aliphatic heterocycles. The molecule has 1 aromatic carbocycles. The third-order valence-electron chi connectivity index (χ3n) is 3.56. The number of hydrogen-bond donors (Lipinski definition) is 2. The summed E-state index contributed by atoms with van der Waals surface area (Å²) in [6, 6.07) is 6.46. The van der Waals surface area contributed by atoms with Gasteiger partial charge in [-0.3, -0.25) is 9.52 Å². The number of anilines is 1. The minimum Gasteiger partial charge on any atom is -0.355 e. The first-order valence-electron chi connectivity index (χ1n) is 7.02. The number of hydrogen-bond acceptors (Lipinski definition) is 3. The second kappa shape index (κ2) is 6.44. The molecular formula is C14H21N3O3S. The van der Waals surface area contributed by atoms with Gasteiger partial charge in [-0.05, 0) is 37.0 Å². The van der Waals surface area contributed by atoms with Crippen molar-refractivity contribution in [3.8, 4) is 0 Å². The lowest BCUT2D eigenvalue weighted by atomic mass is 10.0. The second-order valence-electron chi connectivity index (χ2n) is 5.37. The molecule has 0 radical (unpaired) electrons. The van der Waals surface area contributed by atoms with E-state index >= 15 is 0 Å². The summed E-state index contributed by atoms with van der Waals surface area (Å²) in [6.07, 6.45) is 1.93. The van der Waals surface area contributed by atoms with Crippen molar-refractivity contribution >= 4 is 21.8 Å². The van der Waals surface area contributed by atoms with Crippen LogP contribution in [0.15, 0.2) is 24.3 Å². The Labute approximate surface area is 125 Å². The highest BCUT2D eigenvalue weighted by Crippen LogP contribution is 2.20. The quantitative estimate of drug-likeness (QED) is 0.883. The van der Waals surface area contributed by atoms with E-state index in [0.717, 1.165) is 12.8 Å². The fourth-order valence-electron chi connectivity index (χ4n) is 2.45. The van der Waals surface area contributed by atoms with E-state index < -0.39 is 10.2 Å². The van der Waals surface area contributed by atoms with Crippen LogP contribution in [0.4, 0.5) is 5.69 Å². The number of benzene rings is 1. The third kappa shape index (κ3) is 3.95. The molecule has 1 aliphatic rings. The monoisotopic (exact) mass is 311 g/mol. The fourth-order valence-corrected chi connectivity index (χ4v) is 3.82. The lowest BCUT2D eigenvalue weighted by Gasteiger charge is -2.30. The minimum absolute atomic E-state index is 0.248. The minimum atomic E-state index is -3.57. The second-order valence-corrected chi connectivity index (χ2v) is 7.04. The first kappa shape index (κ1) is 15.8. The van der Waals surface area contributed by atoms with Crippen molar-refractivity contribution in [2.24, 2.45) is 5.92 Å². The van der Waals surface area contributed by atoms with Crippen molar-refractivity contribution < 1.29 is 13.2 Å². The van der Waals surface area contributed by atoms with Gasteiger partial charge in [0, 0.05) is 25.7 Å². The summed E-state index contributed by atoms with van der Waals surface area (Å²) in [5.74, 6) is 0.121. The van der Waals surface area contributed by atoms with Gasteiger partial charge in [0.25, 0.3) is 5.91 Å². The topological polar surface area (TPSA) is 78.5 Å². The van der Waals surface area contributed by atoms with E-state index in [-0.39, 0.29) is 5.91 Å². The number of carbonyl (C=O) groups is 1. The highest BCUT2D eigenvalue weighted by Gasteiger charge is 2.27. The molecule has 1 unspecified atom stereocenters. The normalized spacial score (nSPS) is 20.0. The Kier molecular flexibility index (Phi) is 4.84. The van der Waals surface area contributed by atoms with Gasteiger partial charge in [0.15, 0.2) is 0 Å². The number of piperidine rings is 1. The van der Waals surface area contributed by atoms with Crippen molar-refractivity contribution in [1.29, 1.82) is 0 Å². The van der Waals surface area contributed by atoms with Gasteiger partial charge < -0.3 is 5.32 Å². The van der Waals surface area contributed by atoms with E-state index in [9.17, 15) is 13.2 Å². The molecule has 7 heteroatoms. The molecule has 1 heterocycles.